The maximum absolute atomic E-state index is 15.2. The van der Waals surface area contributed by atoms with E-state index < -0.39 is 114 Å². The molecule has 26 heteroatoms. The van der Waals surface area contributed by atoms with Gasteiger partial charge in [-0.15, -0.1) is 0 Å². The average Bonchev–Trinajstić information content (AvgIpc) is 3.99. The molecule has 0 aliphatic carbocycles. The third-order valence-electron chi connectivity index (χ3n) is 15.5. The largest absolute Gasteiger partial charge is 0.469 e. The van der Waals surface area contributed by atoms with Crippen LogP contribution in [0, 0.1) is 52.1 Å². The Hall–Kier alpha value is -6.82. The number of methoxy groups -OCH3 is 2. The second-order valence-electron chi connectivity index (χ2n) is 21.8. The van der Waals surface area contributed by atoms with Crippen LogP contribution in [0.1, 0.15) is 82.2 Å². The molecule has 2 aromatic heterocycles. The molecule has 7 rings (SSSR count). The zero-order chi connectivity index (χ0) is 60.5. The van der Waals surface area contributed by atoms with Crippen LogP contribution in [0.4, 0.5) is 54.5 Å². The molecule has 0 saturated carbocycles. The van der Waals surface area contributed by atoms with Gasteiger partial charge in [-0.1, -0.05) is 37.8 Å². The summed E-state index contributed by atoms with van der Waals surface area (Å²) in [5.74, 6) is 0.0566. The third-order valence-corrected chi connectivity index (χ3v) is 15.5. The highest BCUT2D eigenvalue weighted by Crippen LogP contribution is 2.45. The summed E-state index contributed by atoms with van der Waals surface area (Å²) < 4.78 is 146. The number of pyridine rings is 1. The van der Waals surface area contributed by atoms with Gasteiger partial charge in [0.05, 0.1) is 49.7 Å². The molecule has 3 aliphatic rings. The predicted octanol–water partition coefficient (Wildman–Crippen LogP) is 7.71. The van der Waals surface area contributed by atoms with Crippen LogP contribution < -0.4 is 26.6 Å². The number of alkyl halides is 8. The van der Waals surface area contributed by atoms with Gasteiger partial charge in [-0.25, -0.2) is 23.2 Å². The zero-order valence-corrected chi connectivity index (χ0v) is 45.9. The van der Waals surface area contributed by atoms with Crippen molar-refractivity contribution in [3.63, 3.8) is 0 Å². The molecular weight excluding hydrogens is 1100 g/mol. The molecule has 2 bridgehead atoms. The smallest absolute Gasteiger partial charge is 0.407 e. The molecule has 3 fully saturated rings. The van der Waals surface area contributed by atoms with Gasteiger partial charge < -0.3 is 41.2 Å². The lowest BCUT2D eigenvalue weighted by Crippen LogP contribution is -2.58. The molecule has 2 unspecified atom stereocenters. The molecule has 3 saturated heterocycles. The molecule has 0 spiro atoms. The van der Waals surface area contributed by atoms with E-state index in [2.05, 4.69) is 46.8 Å². The third kappa shape index (κ3) is 16.0. The van der Waals surface area contributed by atoms with Crippen LogP contribution in [0.3, 0.4) is 0 Å². The molecule has 16 nitrogen and oxygen atoms in total. The Bertz CT molecular complexity index is 2870. The van der Waals surface area contributed by atoms with Crippen molar-refractivity contribution in [3.8, 4) is 23.0 Å². The molecule has 3 aliphatic heterocycles. The number of primary amides is 1. The van der Waals surface area contributed by atoms with Crippen molar-refractivity contribution in [1.82, 2.24) is 35.6 Å². The number of ether oxygens (including phenoxy) is 2. The topological polar surface area (TPSA) is 206 Å². The van der Waals surface area contributed by atoms with Gasteiger partial charge in [0.2, 0.25) is 5.91 Å². The Labute approximate surface area is 467 Å². The lowest BCUT2D eigenvalue weighted by molar-refractivity contribution is -0.229. The minimum Gasteiger partial charge on any atom is -0.469 e. The standard InChI is InChI=1S/C47H53F7N8O4.C9H14F3NO3/c1-46(2,47(52,53)54)43(59-45(65)66-3)40(63)17-33(41(64)23-56-22-37-38(48)15-32(16-39(37)49)34-21-58-62(25-34)44(50)51)14-29-7-4-28(5-8-29)6-9-30-10-13-42(57-20-30)60-26-35-11-12-36(27-60)61(35)24-31-18-55-19-31;1-8(2,9(10,11)12)5(7(13)15)4-6(14)16-3/h4-5,7-8,10,13,15-16,20-21,25,31,33,35-36,41,43-44,55-56,64H,11-12,14,17-19,22-24,26-27H2,1-3H3,(H,59,65);5H,4H2,1-3H3,(H2,13,15)/t33-,35?,36?,41+,43-;5-/m11/s1. The van der Waals surface area contributed by atoms with Crippen molar-refractivity contribution in [3.05, 3.63) is 101 Å². The number of piperazine rings is 1. The first-order chi connectivity index (χ1) is 38.4. The van der Waals surface area contributed by atoms with Crippen molar-refractivity contribution >= 4 is 29.6 Å². The average molecular weight is 1170 g/mol. The Balaban J connectivity index is 0.000000588. The number of halogens is 10. The number of carbonyl (C=O) groups excluding carboxylic acids is 4. The maximum atomic E-state index is 15.2. The molecule has 4 aromatic rings. The van der Waals surface area contributed by atoms with E-state index in [0.717, 1.165) is 111 Å². The second-order valence-corrected chi connectivity index (χ2v) is 21.8. The summed E-state index contributed by atoms with van der Waals surface area (Å²) in [6.45, 7) is 4.64. The molecule has 6 atom stereocenters. The van der Waals surface area contributed by atoms with Gasteiger partial charge in [-0.3, -0.25) is 19.3 Å². The van der Waals surface area contributed by atoms with Gasteiger partial charge in [-0.2, -0.15) is 40.2 Å². The van der Waals surface area contributed by atoms with Gasteiger partial charge in [0.15, 0.2) is 5.78 Å². The number of aromatic nitrogens is 3. The fraction of sp³-hybridized carbons (Fsp3) is 0.536. The van der Waals surface area contributed by atoms with Crippen LogP contribution in [-0.4, -0.2) is 139 Å². The number of fused-ring (bicyclic) bond motifs is 2. The van der Waals surface area contributed by atoms with E-state index in [1.54, 1.807) is 30.5 Å². The van der Waals surface area contributed by atoms with Crippen molar-refractivity contribution < 1.29 is 77.7 Å². The van der Waals surface area contributed by atoms with Gasteiger partial charge in [0.25, 0.3) is 0 Å². The molecule has 448 valence electrons. The second kappa shape index (κ2) is 27.1. The maximum Gasteiger partial charge on any atom is 0.407 e. The van der Waals surface area contributed by atoms with E-state index in [1.807, 2.05) is 17.4 Å². The quantitative estimate of drug-likeness (QED) is 0.0308. The normalized spacial score (nSPS) is 18.2. The highest BCUT2D eigenvalue weighted by atomic mass is 19.4. The number of aliphatic hydroxyl groups excluding tert-OH is 1. The lowest BCUT2D eigenvalue weighted by atomic mass is 9.76. The van der Waals surface area contributed by atoms with Gasteiger partial charge in [-0.05, 0) is 92.5 Å². The highest BCUT2D eigenvalue weighted by molar-refractivity contribution is 5.88. The summed E-state index contributed by atoms with van der Waals surface area (Å²) in [5.41, 5.74) is 1.28. The first-order valence-electron chi connectivity index (χ1n) is 26.3. The number of rotatable bonds is 21. The van der Waals surface area contributed by atoms with Crippen LogP contribution in [0.2, 0.25) is 0 Å². The monoisotopic (exact) mass is 1170 g/mol. The highest BCUT2D eigenvalue weighted by Gasteiger charge is 2.56. The number of esters is 1. The first-order valence-corrected chi connectivity index (χ1v) is 26.3. The molecule has 0 radical (unpaired) electrons. The van der Waals surface area contributed by atoms with E-state index in [9.17, 15) is 59.4 Å². The van der Waals surface area contributed by atoms with Crippen molar-refractivity contribution in [1.29, 1.82) is 0 Å². The number of amides is 2. The number of nitrogens with zero attached hydrogens (tertiary/aromatic N) is 5. The number of ketones is 1. The van der Waals surface area contributed by atoms with Crippen LogP contribution in [-0.2, 0) is 36.8 Å². The summed E-state index contributed by atoms with van der Waals surface area (Å²) in [7, 11) is 1.97. The van der Waals surface area contributed by atoms with Gasteiger partial charge >= 0.3 is 31.0 Å². The molecule has 2 aromatic carbocycles. The fourth-order valence-corrected chi connectivity index (χ4v) is 10.00. The Morgan fingerprint density at radius 1 is 0.829 bits per heavy atom. The van der Waals surface area contributed by atoms with E-state index in [4.69, 9.17) is 10.7 Å². The van der Waals surface area contributed by atoms with Crippen LogP contribution in [0.15, 0.2) is 67.1 Å². The number of nitrogens with two attached hydrogens (primary N) is 1. The van der Waals surface area contributed by atoms with E-state index >= 15 is 8.78 Å². The van der Waals surface area contributed by atoms with Crippen LogP contribution >= 0.6 is 0 Å². The number of alkyl carbamates (subject to hydrolysis) is 1. The Morgan fingerprint density at radius 2 is 1.43 bits per heavy atom. The number of hydrogen-bond acceptors (Lipinski definition) is 13. The number of aliphatic hydroxyl groups is 1. The molecule has 2 amide bonds. The lowest BCUT2D eigenvalue weighted by Gasteiger charge is -2.44. The number of hydrogen-bond donors (Lipinski definition) is 5. The predicted molar refractivity (Wildman–Crippen MR) is 280 cm³/mol. The number of carbonyl (C=O) groups is 4. The zero-order valence-electron chi connectivity index (χ0n) is 45.9. The minimum atomic E-state index is -4.94. The minimum absolute atomic E-state index is 0.0252. The van der Waals surface area contributed by atoms with Crippen molar-refractivity contribution in [2.45, 2.75) is 109 Å². The van der Waals surface area contributed by atoms with E-state index in [-0.39, 0.29) is 24.1 Å². The number of nitrogens with one attached hydrogen (secondary N) is 3. The van der Waals surface area contributed by atoms with Crippen molar-refractivity contribution in [2.75, 3.05) is 58.4 Å². The van der Waals surface area contributed by atoms with Crippen LogP contribution in [0.5, 0.6) is 0 Å². The summed E-state index contributed by atoms with van der Waals surface area (Å²) in [6.07, 6.45) is -7.50. The summed E-state index contributed by atoms with van der Waals surface area (Å²) >= 11 is 0. The van der Waals surface area contributed by atoms with Crippen molar-refractivity contribution in [2.24, 2.45) is 34.3 Å². The number of anilines is 1. The number of Topliss-reactive ketones (excluding diaryl/α,β-unsaturated/α-hetero) is 1. The Morgan fingerprint density at radius 3 is 1.93 bits per heavy atom. The summed E-state index contributed by atoms with van der Waals surface area (Å²) in [4.78, 5) is 57.6. The Kier molecular flexibility index (Phi) is 21.2. The van der Waals surface area contributed by atoms with Gasteiger partial charge in [0.1, 0.15) is 23.5 Å². The van der Waals surface area contributed by atoms with Crippen LogP contribution in [0.25, 0.3) is 11.1 Å². The fourth-order valence-electron chi connectivity index (χ4n) is 10.00. The SMILES string of the molecule is COC(=O)C[C@H](C(N)=O)C(C)(C)C(F)(F)F.COC(=O)N[C@H](C(=O)C[C@@H](Cc1ccc(C#Cc2ccc(N3CC4CCC(C3)N4CC3CNC3)nc2)cc1)[C@@H](O)CNCc1c(F)cc(-c2cnn(C(F)F)c2)cc1F)C(C)(C)C(F)(F)F. The van der Waals surface area contributed by atoms with E-state index in [0.29, 0.717) is 33.5 Å². The number of benzene rings is 2. The first kappa shape index (κ1) is 64.3. The van der Waals surface area contributed by atoms with Gasteiger partial charge in [0, 0.05) is 99.0 Å². The molecule has 82 heavy (non-hydrogen) atoms. The summed E-state index contributed by atoms with van der Waals surface area (Å²) in [6, 6.07) is 11.7. The van der Waals surface area contributed by atoms with E-state index in [1.165, 1.54) is 12.8 Å². The molecular formula is C56H67F10N9O7. The molecule has 6 N–H and O–H groups in total. The molecule has 5 heterocycles. The summed E-state index contributed by atoms with van der Waals surface area (Å²) in [5, 5.41) is 23.1.